The molecule has 0 saturated heterocycles. The molecule has 0 radical (unpaired) electrons. The Balaban J connectivity index is 2.57. The minimum Gasteiger partial charge on any atom is -0.381 e. The third kappa shape index (κ3) is 2.01. The summed E-state index contributed by atoms with van der Waals surface area (Å²) < 4.78 is 5.58. The second-order valence-electron chi connectivity index (χ2n) is 4.52. The monoisotopic (exact) mass is 170 g/mol. The topological polar surface area (TPSA) is 9.23 Å². The van der Waals surface area contributed by atoms with Crippen molar-refractivity contribution in [2.24, 2.45) is 17.8 Å². The molecule has 0 bridgehead atoms. The summed E-state index contributed by atoms with van der Waals surface area (Å²) in [7, 11) is 1.86. The Morgan fingerprint density at radius 1 is 1.25 bits per heavy atom. The van der Waals surface area contributed by atoms with E-state index < -0.39 is 0 Å². The van der Waals surface area contributed by atoms with Gasteiger partial charge in [-0.05, 0) is 30.6 Å². The van der Waals surface area contributed by atoms with Crippen molar-refractivity contribution in [1.29, 1.82) is 0 Å². The van der Waals surface area contributed by atoms with E-state index in [0.29, 0.717) is 6.10 Å². The maximum Gasteiger partial charge on any atom is 0.0627 e. The standard InChI is InChI=1S/C11H22O/c1-8(2)10-7-5-6-9(3)11(10)12-4/h8-11H,5-7H2,1-4H3/t9-,10?,11?/m0/s1. The zero-order valence-electron chi connectivity index (χ0n) is 8.84. The Bertz CT molecular complexity index is 131. The van der Waals surface area contributed by atoms with E-state index in [1.165, 1.54) is 19.3 Å². The molecule has 0 aromatic rings. The van der Waals surface area contributed by atoms with Crippen LogP contribution in [0.4, 0.5) is 0 Å². The van der Waals surface area contributed by atoms with E-state index >= 15 is 0 Å². The van der Waals surface area contributed by atoms with Crippen LogP contribution in [0.5, 0.6) is 0 Å². The molecule has 0 aliphatic heterocycles. The molecular weight excluding hydrogens is 148 g/mol. The normalized spacial score (nSPS) is 37.2. The molecule has 0 amide bonds. The first-order valence-electron chi connectivity index (χ1n) is 5.19. The summed E-state index contributed by atoms with van der Waals surface area (Å²) in [4.78, 5) is 0. The average Bonchev–Trinajstić information content (AvgIpc) is 2.03. The predicted molar refractivity (Wildman–Crippen MR) is 52.1 cm³/mol. The SMILES string of the molecule is COC1C(C(C)C)CCC[C@@H]1C. The second-order valence-corrected chi connectivity index (χ2v) is 4.52. The minimum atomic E-state index is 0.513. The lowest BCUT2D eigenvalue weighted by molar-refractivity contribution is -0.0299. The third-order valence-electron chi connectivity index (χ3n) is 3.31. The number of rotatable bonds is 2. The van der Waals surface area contributed by atoms with E-state index in [-0.39, 0.29) is 0 Å². The lowest BCUT2D eigenvalue weighted by atomic mass is 9.74. The molecule has 0 aromatic heterocycles. The highest BCUT2D eigenvalue weighted by molar-refractivity contribution is 4.82. The Kier molecular flexibility index (Phi) is 3.57. The summed E-state index contributed by atoms with van der Waals surface area (Å²) >= 11 is 0. The van der Waals surface area contributed by atoms with Crippen LogP contribution in [0.25, 0.3) is 0 Å². The molecule has 3 atom stereocenters. The number of methoxy groups -OCH3 is 1. The van der Waals surface area contributed by atoms with E-state index in [0.717, 1.165) is 17.8 Å². The molecule has 0 heterocycles. The first-order chi connectivity index (χ1) is 5.66. The maximum atomic E-state index is 5.58. The zero-order chi connectivity index (χ0) is 9.14. The van der Waals surface area contributed by atoms with Gasteiger partial charge >= 0.3 is 0 Å². The van der Waals surface area contributed by atoms with Crippen LogP contribution in [-0.4, -0.2) is 13.2 Å². The third-order valence-corrected chi connectivity index (χ3v) is 3.31. The quantitative estimate of drug-likeness (QED) is 0.619. The van der Waals surface area contributed by atoms with Crippen molar-refractivity contribution in [1.82, 2.24) is 0 Å². The van der Waals surface area contributed by atoms with Crippen molar-refractivity contribution < 1.29 is 4.74 Å². The fourth-order valence-electron chi connectivity index (χ4n) is 2.55. The molecule has 72 valence electrons. The lowest BCUT2D eigenvalue weighted by Crippen LogP contribution is -2.36. The average molecular weight is 170 g/mol. The number of hydrogen-bond acceptors (Lipinski definition) is 1. The Labute approximate surface area is 76.5 Å². The molecule has 1 aliphatic rings. The van der Waals surface area contributed by atoms with Crippen LogP contribution in [-0.2, 0) is 4.74 Å². The van der Waals surface area contributed by atoms with Crippen LogP contribution in [0, 0.1) is 17.8 Å². The molecule has 1 fully saturated rings. The molecule has 0 spiro atoms. The van der Waals surface area contributed by atoms with E-state index in [1.807, 2.05) is 7.11 Å². The van der Waals surface area contributed by atoms with E-state index in [2.05, 4.69) is 20.8 Å². The molecule has 1 heteroatoms. The Morgan fingerprint density at radius 3 is 2.33 bits per heavy atom. The van der Waals surface area contributed by atoms with Crippen LogP contribution >= 0.6 is 0 Å². The van der Waals surface area contributed by atoms with Gasteiger partial charge in [0.15, 0.2) is 0 Å². The Hall–Kier alpha value is -0.0400. The summed E-state index contributed by atoms with van der Waals surface area (Å²) in [6.45, 7) is 6.95. The summed E-state index contributed by atoms with van der Waals surface area (Å²) in [5, 5.41) is 0. The molecule has 1 aliphatic carbocycles. The van der Waals surface area contributed by atoms with Gasteiger partial charge < -0.3 is 4.74 Å². The van der Waals surface area contributed by atoms with Crippen molar-refractivity contribution in [2.45, 2.75) is 46.1 Å². The zero-order valence-corrected chi connectivity index (χ0v) is 8.84. The van der Waals surface area contributed by atoms with Gasteiger partial charge in [-0.15, -0.1) is 0 Å². The largest absolute Gasteiger partial charge is 0.381 e. The van der Waals surface area contributed by atoms with Crippen LogP contribution in [0.1, 0.15) is 40.0 Å². The van der Waals surface area contributed by atoms with Crippen molar-refractivity contribution >= 4 is 0 Å². The smallest absolute Gasteiger partial charge is 0.0627 e. The van der Waals surface area contributed by atoms with Gasteiger partial charge in [0.1, 0.15) is 0 Å². The van der Waals surface area contributed by atoms with Crippen molar-refractivity contribution in [2.75, 3.05) is 7.11 Å². The number of hydrogen-bond donors (Lipinski definition) is 0. The van der Waals surface area contributed by atoms with Gasteiger partial charge in [-0.25, -0.2) is 0 Å². The van der Waals surface area contributed by atoms with Gasteiger partial charge in [0.25, 0.3) is 0 Å². The van der Waals surface area contributed by atoms with Crippen LogP contribution in [0.15, 0.2) is 0 Å². The van der Waals surface area contributed by atoms with Gasteiger partial charge in [-0.1, -0.05) is 27.2 Å². The molecular formula is C11H22O. The first-order valence-corrected chi connectivity index (χ1v) is 5.19. The predicted octanol–water partition coefficient (Wildman–Crippen LogP) is 3.09. The molecule has 12 heavy (non-hydrogen) atoms. The summed E-state index contributed by atoms with van der Waals surface area (Å²) in [5.74, 6) is 2.33. The van der Waals surface area contributed by atoms with Gasteiger partial charge in [-0.3, -0.25) is 0 Å². The molecule has 2 unspecified atom stereocenters. The van der Waals surface area contributed by atoms with E-state index in [1.54, 1.807) is 0 Å². The second kappa shape index (κ2) is 4.27. The van der Waals surface area contributed by atoms with E-state index in [4.69, 9.17) is 4.74 Å². The summed E-state index contributed by atoms with van der Waals surface area (Å²) in [6, 6.07) is 0. The van der Waals surface area contributed by atoms with Gasteiger partial charge in [0.2, 0.25) is 0 Å². The molecule has 1 nitrogen and oxygen atoms in total. The van der Waals surface area contributed by atoms with Crippen LogP contribution in [0.2, 0.25) is 0 Å². The maximum absolute atomic E-state index is 5.58. The molecule has 1 rings (SSSR count). The van der Waals surface area contributed by atoms with Crippen molar-refractivity contribution in [3.63, 3.8) is 0 Å². The van der Waals surface area contributed by atoms with Crippen LogP contribution in [0.3, 0.4) is 0 Å². The van der Waals surface area contributed by atoms with Gasteiger partial charge in [-0.2, -0.15) is 0 Å². The van der Waals surface area contributed by atoms with Crippen molar-refractivity contribution in [3.8, 4) is 0 Å². The molecule has 1 saturated carbocycles. The molecule has 0 aromatic carbocycles. The number of ether oxygens (including phenoxy) is 1. The van der Waals surface area contributed by atoms with Gasteiger partial charge in [0, 0.05) is 7.11 Å². The highest BCUT2D eigenvalue weighted by Gasteiger charge is 2.32. The fourth-order valence-corrected chi connectivity index (χ4v) is 2.55. The van der Waals surface area contributed by atoms with Crippen LogP contribution < -0.4 is 0 Å². The van der Waals surface area contributed by atoms with Crippen molar-refractivity contribution in [3.05, 3.63) is 0 Å². The highest BCUT2D eigenvalue weighted by atomic mass is 16.5. The minimum absolute atomic E-state index is 0.513. The fraction of sp³-hybridized carbons (Fsp3) is 1.00. The van der Waals surface area contributed by atoms with E-state index in [9.17, 15) is 0 Å². The lowest BCUT2D eigenvalue weighted by Gasteiger charge is -2.37. The first kappa shape index (κ1) is 10.0. The highest BCUT2D eigenvalue weighted by Crippen LogP contribution is 2.35. The Morgan fingerprint density at radius 2 is 1.92 bits per heavy atom. The molecule has 0 N–H and O–H groups in total. The summed E-state index contributed by atoms with van der Waals surface area (Å²) in [5.41, 5.74) is 0. The van der Waals surface area contributed by atoms with Gasteiger partial charge in [0.05, 0.1) is 6.10 Å². The summed E-state index contributed by atoms with van der Waals surface area (Å²) in [6.07, 6.45) is 4.62.